The number of carbonyl (C=O) groups is 2. The Kier molecular flexibility index (Phi) is 4.34. The lowest BCUT2D eigenvalue weighted by Gasteiger charge is -2.02. The van der Waals surface area contributed by atoms with Crippen molar-refractivity contribution in [3.63, 3.8) is 0 Å². The van der Waals surface area contributed by atoms with Crippen molar-refractivity contribution in [1.82, 2.24) is 0 Å². The number of carbonyl (C=O) groups excluding carboxylic acids is 1. The van der Waals surface area contributed by atoms with Crippen LogP contribution in [-0.4, -0.2) is 36.7 Å². The fourth-order valence-corrected chi connectivity index (χ4v) is 0.967. The van der Waals surface area contributed by atoms with Crippen molar-refractivity contribution in [3.8, 4) is 0 Å². The second-order valence-corrected chi connectivity index (χ2v) is 2.91. The van der Waals surface area contributed by atoms with Gasteiger partial charge in [-0.3, -0.25) is 4.79 Å². The van der Waals surface area contributed by atoms with Crippen LogP contribution >= 0.6 is 0 Å². The van der Waals surface area contributed by atoms with Crippen LogP contribution in [0.5, 0.6) is 0 Å². The molecule has 0 aliphatic rings. The van der Waals surface area contributed by atoms with Crippen molar-refractivity contribution in [2.45, 2.75) is 0 Å². The van der Waals surface area contributed by atoms with Gasteiger partial charge in [-0.25, -0.2) is 4.79 Å². The summed E-state index contributed by atoms with van der Waals surface area (Å²) < 4.78 is 9.79. The molecule has 1 aromatic heterocycles. The first kappa shape index (κ1) is 12.1. The minimum atomic E-state index is -1.13. The standard InChI is InChI=1S/C9H12N2O5/c10-7(12)5-15-4-3-11-8-2-1-6(16-8)9(13)14/h1-2,11H,3-5H2,(H2,10,12)(H,13,14). The van der Waals surface area contributed by atoms with E-state index in [1.165, 1.54) is 12.1 Å². The summed E-state index contributed by atoms with van der Waals surface area (Å²) in [7, 11) is 0. The summed E-state index contributed by atoms with van der Waals surface area (Å²) in [4.78, 5) is 20.8. The monoisotopic (exact) mass is 228 g/mol. The number of amides is 1. The molecule has 0 bridgehead atoms. The van der Waals surface area contributed by atoms with Gasteiger partial charge in [-0.2, -0.15) is 0 Å². The van der Waals surface area contributed by atoms with Gasteiger partial charge in [0.05, 0.1) is 6.61 Å². The lowest BCUT2D eigenvalue weighted by Crippen LogP contribution is -2.20. The predicted octanol–water partition coefficient (Wildman–Crippen LogP) is -0.108. The third-order valence-electron chi connectivity index (χ3n) is 1.61. The Morgan fingerprint density at radius 1 is 1.50 bits per heavy atom. The third kappa shape index (κ3) is 4.01. The number of carboxylic acids is 1. The molecule has 0 saturated heterocycles. The minimum absolute atomic E-state index is 0.138. The summed E-state index contributed by atoms with van der Waals surface area (Å²) in [5.74, 6) is -1.47. The van der Waals surface area contributed by atoms with Gasteiger partial charge in [-0.05, 0) is 6.07 Å². The Hall–Kier alpha value is -2.02. The molecule has 0 aromatic carbocycles. The van der Waals surface area contributed by atoms with Gasteiger partial charge < -0.3 is 25.3 Å². The van der Waals surface area contributed by atoms with Gasteiger partial charge in [-0.1, -0.05) is 0 Å². The average Bonchev–Trinajstić information content (AvgIpc) is 2.65. The molecule has 0 unspecified atom stereocenters. The number of primary amides is 1. The smallest absolute Gasteiger partial charge is 0.371 e. The molecule has 7 heteroatoms. The van der Waals surface area contributed by atoms with Crippen LogP contribution in [0.15, 0.2) is 16.5 Å². The van der Waals surface area contributed by atoms with Crippen LogP contribution in [0, 0.1) is 0 Å². The molecule has 0 aliphatic heterocycles. The van der Waals surface area contributed by atoms with E-state index in [1.807, 2.05) is 0 Å². The van der Waals surface area contributed by atoms with Crippen LogP contribution in [0.4, 0.5) is 5.88 Å². The second-order valence-electron chi connectivity index (χ2n) is 2.91. The number of ether oxygens (including phenoxy) is 1. The molecule has 1 rings (SSSR count). The third-order valence-corrected chi connectivity index (χ3v) is 1.61. The number of hydrogen-bond donors (Lipinski definition) is 3. The lowest BCUT2D eigenvalue weighted by molar-refractivity contribution is -0.122. The molecule has 7 nitrogen and oxygen atoms in total. The van der Waals surface area contributed by atoms with Gasteiger partial charge >= 0.3 is 5.97 Å². The molecule has 0 saturated carbocycles. The maximum atomic E-state index is 10.5. The van der Waals surface area contributed by atoms with Gasteiger partial charge in [0.2, 0.25) is 11.7 Å². The topological polar surface area (TPSA) is 115 Å². The molecule has 0 aliphatic carbocycles. The number of furan rings is 1. The summed E-state index contributed by atoms with van der Waals surface area (Å²) in [6.45, 7) is 0.520. The van der Waals surface area contributed by atoms with Gasteiger partial charge in [0.1, 0.15) is 6.61 Å². The zero-order valence-electron chi connectivity index (χ0n) is 8.43. The molecular formula is C9H12N2O5. The molecule has 1 heterocycles. The molecule has 0 fully saturated rings. The van der Waals surface area contributed by atoms with E-state index in [1.54, 1.807) is 0 Å². The Labute approximate surface area is 91.2 Å². The fourth-order valence-electron chi connectivity index (χ4n) is 0.967. The quantitative estimate of drug-likeness (QED) is 0.561. The highest BCUT2D eigenvalue weighted by Gasteiger charge is 2.07. The highest BCUT2D eigenvalue weighted by Crippen LogP contribution is 2.12. The summed E-state index contributed by atoms with van der Waals surface area (Å²) in [6, 6.07) is 2.84. The largest absolute Gasteiger partial charge is 0.475 e. The lowest BCUT2D eigenvalue weighted by atomic mass is 10.4. The van der Waals surface area contributed by atoms with Crippen molar-refractivity contribution >= 4 is 17.8 Å². The second kappa shape index (κ2) is 5.76. The number of rotatable bonds is 7. The van der Waals surface area contributed by atoms with Gasteiger partial charge in [0.25, 0.3) is 0 Å². The Morgan fingerprint density at radius 3 is 2.81 bits per heavy atom. The first-order valence-electron chi connectivity index (χ1n) is 4.52. The maximum Gasteiger partial charge on any atom is 0.371 e. The highest BCUT2D eigenvalue weighted by molar-refractivity contribution is 5.84. The molecule has 0 radical (unpaired) electrons. The van der Waals surface area contributed by atoms with E-state index >= 15 is 0 Å². The first-order chi connectivity index (χ1) is 7.59. The van der Waals surface area contributed by atoms with Crippen LogP contribution in [0.25, 0.3) is 0 Å². The molecule has 0 spiro atoms. The van der Waals surface area contributed by atoms with Gasteiger partial charge in [0, 0.05) is 12.6 Å². The highest BCUT2D eigenvalue weighted by atomic mass is 16.5. The zero-order valence-corrected chi connectivity index (χ0v) is 8.43. The first-order valence-corrected chi connectivity index (χ1v) is 4.52. The molecule has 0 atom stereocenters. The number of aromatic carboxylic acids is 1. The number of nitrogens with two attached hydrogens (primary N) is 1. The average molecular weight is 228 g/mol. The van der Waals surface area contributed by atoms with E-state index in [0.29, 0.717) is 12.4 Å². The van der Waals surface area contributed by atoms with Crippen LogP contribution in [0.2, 0.25) is 0 Å². The van der Waals surface area contributed by atoms with Crippen molar-refractivity contribution in [2.75, 3.05) is 25.1 Å². The number of carboxylic acid groups (broad SMARTS) is 1. The van der Waals surface area contributed by atoms with Gasteiger partial charge in [0.15, 0.2) is 5.88 Å². The van der Waals surface area contributed by atoms with E-state index in [-0.39, 0.29) is 19.0 Å². The summed E-state index contributed by atoms with van der Waals surface area (Å²) in [5, 5.41) is 11.4. The van der Waals surface area contributed by atoms with Crippen LogP contribution < -0.4 is 11.1 Å². The van der Waals surface area contributed by atoms with Crippen molar-refractivity contribution in [3.05, 3.63) is 17.9 Å². The van der Waals surface area contributed by atoms with Crippen LogP contribution in [-0.2, 0) is 9.53 Å². The molecule has 16 heavy (non-hydrogen) atoms. The van der Waals surface area contributed by atoms with Crippen molar-refractivity contribution < 1.29 is 23.8 Å². The number of hydrogen-bond acceptors (Lipinski definition) is 5. The van der Waals surface area contributed by atoms with E-state index in [2.05, 4.69) is 5.32 Å². The summed E-state index contributed by atoms with van der Waals surface area (Å²) in [5.41, 5.74) is 4.85. The SMILES string of the molecule is NC(=O)COCCNc1ccc(C(=O)O)o1. The number of nitrogens with one attached hydrogen (secondary N) is 1. The van der Waals surface area contributed by atoms with Crippen molar-refractivity contribution in [1.29, 1.82) is 0 Å². The van der Waals surface area contributed by atoms with E-state index in [9.17, 15) is 9.59 Å². The molecule has 4 N–H and O–H groups in total. The maximum absolute atomic E-state index is 10.5. The van der Waals surface area contributed by atoms with Crippen LogP contribution in [0.1, 0.15) is 10.6 Å². The van der Waals surface area contributed by atoms with Crippen molar-refractivity contribution in [2.24, 2.45) is 5.73 Å². The predicted molar refractivity (Wildman–Crippen MR) is 54.2 cm³/mol. The van der Waals surface area contributed by atoms with Gasteiger partial charge in [-0.15, -0.1) is 0 Å². The molecular weight excluding hydrogens is 216 g/mol. The van der Waals surface area contributed by atoms with E-state index in [4.69, 9.17) is 20.0 Å². The Morgan fingerprint density at radius 2 is 2.25 bits per heavy atom. The molecule has 1 aromatic rings. The Balaban J connectivity index is 2.21. The normalized spacial score (nSPS) is 10.0. The Bertz CT molecular complexity index is 374. The summed E-state index contributed by atoms with van der Waals surface area (Å²) >= 11 is 0. The zero-order chi connectivity index (χ0) is 12.0. The number of anilines is 1. The fraction of sp³-hybridized carbons (Fsp3) is 0.333. The molecule has 88 valence electrons. The van der Waals surface area contributed by atoms with E-state index in [0.717, 1.165) is 0 Å². The molecule has 1 amide bonds. The minimum Gasteiger partial charge on any atom is -0.475 e. The summed E-state index contributed by atoms with van der Waals surface area (Å²) in [6.07, 6.45) is 0. The van der Waals surface area contributed by atoms with Crippen LogP contribution in [0.3, 0.4) is 0 Å². The van der Waals surface area contributed by atoms with E-state index < -0.39 is 11.9 Å².